The zero-order valence-corrected chi connectivity index (χ0v) is 10.9. The Balaban J connectivity index is 2.40. The molecule has 2 nitrogen and oxygen atoms in total. The second kappa shape index (κ2) is 4.86. The van der Waals surface area contributed by atoms with Crippen molar-refractivity contribution in [3.63, 3.8) is 0 Å². The van der Waals surface area contributed by atoms with Gasteiger partial charge in [0.25, 0.3) is 0 Å². The van der Waals surface area contributed by atoms with Crippen molar-refractivity contribution in [2.45, 2.75) is 13.8 Å². The van der Waals surface area contributed by atoms with E-state index in [1.54, 1.807) is 0 Å². The van der Waals surface area contributed by atoms with Crippen molar-refractivity contribution >= 4 is 17.3 Å². The number of hydrogen-bond acceptors (Lipinski definition) is 2. The molecule has 0 radical (unpaired) electrons. The number of hydrogen-bond donors (Lipinski definition) is 1. The van der Waals surface area contributed by atoms with E-state index in [9.17, 15) is 4.39 Å². The SMILES string of the molecule is Cc1cccc(Oc2cc(F)c(Cl)cc2N)c1C. The number of nitrogens with two attached hydrogens (primary N) is 1. The van der Waals surface area contributed by atoms with E-state index < -0.39 is 5.82 Å². The molecule has 0 aromatic heterocycles. The van der Waals surface area contributed by atoms with Crippen molar-refractivity contribution in [3.05, 3.63) is 52.3 Å². The molecule has 0 saturated carbocycles. The van der Waals surface area contributed by atoms with Crippen LogP contribution in [0.15, 0.2) is 30.3 Å². The molecule has 4 heteroatoms. The lowest BCUT2D eigenvalue weighted by Gasteiger charge is -2.12. The normalized spacial score (nSPS) is 10.4. The summed E-state index contributed by atoms with van der Waals surface area (Å²) in [6.07, 6.45) is 0. The van der Waals surface area contributed by atoms with Crippen molar-refractivity contribution in [2.75, 3.05) is 5.73 Å². The lowest BCUT2D eigenvalue weighted by atomic mass is 10.1. The smallest absolute Gasteiger partial charge is 0.153 e. The molecule has 0 amide bonds. The summed E-state index contributed by atoms with van der Waals surface area (Å²) in [6, 6.07) is 8.21. The van der Waals surface area contributed by atoms with Crippen molar-refractivity contribution < 1.29 is 9.13 Å². The number of nitrogen functional groups attached to an aromatic ring is 1. The minimum Gasteiger partial charge on any atom is -0.455 e. The zero-order chi connectivity index (χ0) is 13.3. The second-order valence-electron chi connectivity index (χ2n) is 4.10. The van der Waals surface area contributed by atoms with E-state index in [1.165, 1.54) is 12.1 Å². The molecule has 18 heavy (non-hydrogen) atoms. The Morgan fingerprint density at radius 1 is 1.17 bits per heavy atom. The first-order chi connectivity index (χ1) is 8.49. The summed E-state index contributed by atoms with van der Waals surface area (Å²) in [5.41, 5.74) is 8.15. The molecule has 0 aliphatic heterocycles. The molecule has 0 spiro atoms. The van der Waals surface area contributed by atoms with Gasteiger partial charge in [-0.25, -0.2) is 4.39 Å². The fourth-order valence-electron chi connectivity index (χ4n) is 1.59. The largest absolute Gasteiger partial charge is 0.455 e. The summed E-state index contributed by atoms with van der Waals surface area (Å²) in [6.45, 7) is 3.92. The number of rotatable bonds is 2. The van der Waals surface area contributed by atoms with Crippen LogP contribution in [-0.4, -0.2) is 0 Å². The van der Waals surface area contributed by atoms with Gasteiger partial charge in [0.15, 0.2) is 5.75 Å². The monoisotopic (exact) mass is 265 g/mol. The Kier molecular flexibility index (Phi) is 3.43. The highest BCUT2D eigenvalue weighted by atomic mass is 35.5. The first-order valence-corrected chi connectivity index (χ1v) is 5.85. The minimum atomic E-state index is -0.550. The molecule has 0 heterocycles. The van der Waals surface area contributed by atoms with E-state index in [2.05, 4.69) is 0 Å². The van der Waals surface area contributed by atoms with Crippen molar-refractivity contribution in [2.24, 2.45) is 0 Å². The fourth-order valence-corrected chi connectivity index (χ4v) is 1.76. The highest BCUT2D eigenvalue weighted by molar-refractivity contribution is 6.31. The number of aryl methyl sites for hydroxylation is 1. The van der Waals surface area contributed by atoms with E-state index in [1.807, 2.05) is 32.0 Å². The minimum absolute atomic E-state index is 0.0131. The van der Waals surface area contributed by atoms with E-state index >= 15 is 0 Å². The van der Waals surface area contributed by atoms with Crippen LogP contribution in [0.5, 0.6) is 11.5 Å². The van der Waals surface area contributed by atoms with E-state index in [0.717, 1.165) is 11.1 Å². The van der Waals surface area contributed by atoms with Crippen molar-refractivity contribution in [3.8, 4) is 11.5 Å². The average Bonchev–Trinajstić information content (AvgIpc) is 2.32. The molecule has 2 aromatic carbocycles. The summed E-state index contributed by atoms with van der Waals surface area (Å²) in [4.78, 5) is 0. The van der Waals surface area contributed by atoms with Gasteiger partial charge >= 0.3 is 0 Å². The third-order valence-electron chi connectivity index (χ3n) is 2.83. The average molecular weight is 266 g/mol. The van der Waals surface area contributed by atoms with Crippen LogP contribution in [-0.2, 0) is 0 Å². The Bertz CT molecular complexity index is 599. The molecule has 94 valence electrons. The van der Waals surface area contributed by atoms with Gasteiger partial charge in [-0.3, -0.25) is 0 Å². The van der Waals surface area contributed by atoms with Crippen LogP contribution in [0.2, 0.25) is 5.02 Å². The van der Waals surface area contributed by atoms with Crippen LogP contribution in [0.1, 0.15) is 11.1 Å². The van der Waals surface area contributed by atoms with Crippen LogP contribution in [0.3, 0.4) is 0 Å². The zero-order valence-electron chi connectivity index (χ0n) is 10.1. The maximum atomic E-state index is 13.4. The van der Waals surface area contributed by atoms with Gasteiger partial charge in [-0.1, -0.05) is 23.7 Å². The molecule has 0 unspecified atom stereocenters. The standard InChI is InChI=1S/C14H13ClFNO/c1-8-4-3-5-13(9(8)2)18-14-7-11(16)10(15)6-12(14)17/h3-7H,17H2,1-2H3. The van der Waals surface area contributed by atoms with Crippen LogP contribution in [0.4, 0.5) is 10.1 Å². The highest BCUT2D eigenvalue weighted by Crippen LogP contribution is 2.33. The summed E-state index contributed by atoms with van der Waals surface area (Å²) >= 11 is 5.63. The third kappa shape index (κ3) is 2.41. The van der Waals surface area contributed by atoms with Gasteiger partial charge in [0.1, 0.15) is 11.6 Å². The Labute approximate surface area is 110 Å². The molecule has 2 aromatic rings. The van der Waals surface area contributed by atoms with Crippen LogP contribution >= 0.6 is 11.6 Å². The Morgan fingerprint density at radius 2 is 1.89 bits per heavy atom. The van der Waals surface area contributed by atoms with Crippen molar-refractivity contribution in [1.82, 2.24) is 0 Å². The first kappa shape index (κ1) is 12.7. The maximum absolute atomic E-state index is 13.4. The number of anilines is 1. The van der Waals surface area contributed by atoms with E-state index in [0.29, 0.717) is 11.4 Å². The summed E-state index contributed by atoms with van der Waals surface area (Å²) in [5, 5.41) is -0.0131. The van der Waals surface area contributed by atoms with Gasteiger partial charge in [0, 0.05) is 6.07 Å². The molecule has 0 fully saturated rings. The lowest BCUT2D eigenvalue weighted by molar-refractivity contribution is 0.475. The highest BCUT2D eigenvalue weighted by Gasteiger charge is 2.10. The molecule has 0 aliphatic carbocycles. The van der Waals surface area contributed by atoms with Crippen LogP contribution < -0.4 is 10.5 Å². The number of benzene rings is 2. The van der Waals surface area contributed by atoms with Gasteiger partial charge in [0.2, 0.25) is 0 Å². The third-order valence-corrected chi connectivity index (χ3v) is 3.12. The first-order valence-electron chi connectivity index (χ1n) is 5.47. The van der Waals surface area contributed by atoms with Gasteiger partial charge in [-0.05, 0) is 37.1 Å². The Morgan fingerprint density at radius 3 is 2.61 bits per heavy atom. The molecule has 0 saturated heterocycles. The quantitative estimate of drug-likeness (QED) is 0.813. The molecule has 2 rings (SSSR count). The number of ether oxygens (including phenoxy) is 1. The van der Waals surface area contributed by atoms with Gasteiger partial charge in [0.05, 0.1) is 10.7 Å². The fraction of sp³-hybridized carbons (Fsp3) is 0.143. The van der Waals surface area contributed by atoms with Gasteiger partial charge < -0.3 is 10.5 Å². The van der Waals surface area contributed by atoms with Gasteiger partial charge in [-0.15, -0.1) is 0 Å². The lowest BCUT2D eigenvalue weighted by Crippen LogP contribution is -1.96. The molecular formula is C14H13ClFNO. The van der Waals surface area contributed by atoms with E-state index in [4.69, 9.17) is 22.1 Å². The maximum Gasteiger partial charge on any atom is 0.153 e. The number of halogens is 2. The van der Waals surface area contributed by atoms with Crippen LogP contribution in [0.25, 0.3) is 0 Å². The predicted octanol–water partition coefficient (Wildman–Crippen LogP) is 4.47. The van der Waals surface area contributed by atoms with Crippen LogP contribution in [0, 0.1) is 19.7 Å². The summed E-state index contributed by atoms with van der Waals surface area (Å²) in [5.74, 6) is 0.375. The predicted molar refractivity (Wildman–Crippen MR) is 71.8 cm³/mol. The van der Waals surface area contributed by atoms with Gasteiger partial charge in [-0.2, -0.15) is 0 Å². The molecule has 0 bridgehead atoms. The Hall–Kier alpha value is -1.74. The van der Waals surface area contributed by atoms with Crippen molar-refractivity contribution in [1.29, 1.82) is 0 Å². The summed E-state index contributed by atoms with van der Waals surface area (Å²) in [7, 11) is 0. The molecule has 0 aliphatic rings. The summed E-state index contributed by atoms with van der Waals surface area (Å²) < 4.78 is 19.0. The molecule has 2 N–H and O–H groups in total. The molecule has 0 atom stereocenters. The van der Waals surface area contributed by atoms with E-state index in [-0.39, 0.29) is 10.8 Å². The second-order valence-corrected chi connectivity index (χ2v) is 4.51. The topological polar surface area (TPSA) is 35.2 Å². The molecular weight excluding hydrogens is 253 g/mol.